The Morgan fingerprint density at radius 2 is 1.83 bits per heavy atom. The molecule has 1 N–H and O–H groups in total. The first-order valence-corrected chi connectivity index (χ1v) is 11.3. The third-order valence-electron chi connectivity index (χ3n) is 5.33. The minimum absolute atomic E-state index is 0.0243. The molecule has 0 bridgehead atoms. The molecule has 0 spiro atoms. The summed E-state index contributed by atoms with van der Waals surface area (Å²) in [6, 6.07) is 4.50. The molecule has 1 saturated carbocycles. The van der Waals surface area contributed by atoms with Crippen molar-refractivity contribution in [3.05, 3.63) is 24.3 Å². The van der Waals surface area contributed by atoms with Gasteiger partial charge in [-0.05, 0) is 37.0 Å². The van der Waals surface area contributed by atoms with Crippen molar-refractivity contribution in [1.82, 2.24) is 9.80 Å². The summed E-state index contributed by atoms with van der Waals surface area (Å²) in [6.07, 6.45) is 4.44. The van der Waals surface area contributed by atoms with Gasteiger partial charge in [-0.1, -0.05) is 25.8 Å². The van der Waals surface area contributed by atoms with Crippen LogP contribution in [-0.2, 0) is 24.2 Å². The Morgan fingerprint density at radius 3 is 2.48 bits per heavy atom. The molecule has 0 radical (unpaired) electrons. The summed E-state index contributed by atoms with van der Waals surface area (Å²) >= 11 is 0. The maximum Gasteiger partial charge on any atom is 0.334 e. The molecular weight excluding hydrogens is 398 g/mol. The van der Waals surface area contributed by atoms with Crippen LogP contribution >= 0.6 is 0 Å². The van der Waals surface area contributed by atoms with Crippen molar-refractivity contribution in [3.8, 4) is 0 Å². The molecule has 0 unspecified atom stereocenters. The van der Waals surface area contributed by atoms with Crippen molar-refractivity contribution in [3.63, 3.8) is 0 Å². The molecule has 1 aromatic rings. The molecule has 29 heavy (non-hydrogen) atoms. The van der Waals surface area contributed by atoms with Gasteiger partial charge in [0.15, 0.2) is 9.84 Å². The fraction of sp³-hybridized carbons (Fsp3) is 0.474. The Labute approximate surface area is 169 Å². The highest BCUT2D eigenvalue weighted by Gasteiger charge is 2.49. The van der Waals surface area contributed by atoms with Crippen LogP contribution < -0.4 is 5.32 Å². The quantitative estimate of drug-likeness (QED) is 0.567. The number of imide groups is 2. The third kappa shape index (κ3) is 4.31. The number of anilines is 1. The lowest BCUT2D eigenvalue weighted by Gasteiger charge is -2.34. The zero-order valence-corrected chi connectivity index (χ0v) is 17.1. The van der Waals surface area contributed by atoms with Crippen molar-refractivity contribution in [2.75, 3.05) is 18.1 Å². The van der Waals surface area contributed by atoms with E-state index >= 15 is 0 Å². The Kier molecular flexibility index (Phi) is 5.74. The Balaban J connectivity index is 1.71. The van der Waals surface area contributed by atoms with Gasteiger partial charge in [-0.3, -0.25) is 19.3 Å². The SMILES string of the molecule is C[C@H]1CCCC[C@@H]1N1C(=O)C(=O)N(CC(=O)Nc2cccc(S(C)(=O)=O)c2)C1=O. The maximum absolute atomic E-state index is 12.7. The van der Waals surface area contributed by atoms with Crippen LogP contribution in [0, 0.1) is 5.92 Å². The Hall–Kier alpha value is -2.75. The number of hydrogen-bond acceptors (Lipinski definition) is 6. The molecule has 0 aromatic heterocycles. The zero-order chi connectivity index (χ0) is 21.3. The van der Waals surface area contributed by atoms with Crippen LogP contribution in [0.1, 0.15) is 32.6 Å². The summed E-state index contributed by atoms with van der Waals surface area (Å²) < 4.78 is 23.3. The van der Waals surface area contributed by atoms with Gasteiger partial charge in [-0.2, -0.15) is 0 Å². The van der Waals surface area contributed by atoms with Crippen LogP contribution in [0.5, 0.6) is 0 Å². The fourth-order valence-electron chi connectivity index (χ4n) is 3.78. The zero-order valence-electron chi connectivity index (χ0n) is 16.3. The molecule has 1 heterocycles. The standard InChI is InChI=1S/C19H23N3O6S/c1-12-6-3-4-9-15(12)22-18(25)17(24)21(19(22)26)11-16(23)20-13-7-5-8-14(10-13)29(2,27)28/h5,7-8,10,12,15H,3-4,6,9,11H2,1-2H3,(H,20,23)/t12-,15-/m0/s1. The summed E-state index contributed by atoms with van der Waals surface area (Å²) in [7, 11) is -3.45. The number of urea groups is 1. The van der Waals surface area contributed by atoms with Crippen molar-refractivity contribution >= 4 is 39.3 Å². The van der Waals surface area contributed by atoms with E-state index in [2.05, 4.69) is 5.32 Å². The van der Waals surface area contributed by atoms with Crippen molar-refractivity contribution < 1.29 is 27.6 Å². The van der Waals surface area contributed by atoms with Crippen LogP contribution in [0.25, 0.3) is 0 Å². The molecular formula is C19H23N3O6S. The van der Waals surface area contributed by atoms with E-state index in [0.717, 1.165) is 30.4 Å². The van der Waals surface area contributed by atoms with Crippen LogP contribution in [0.4, 0.5) is 10.5 Å². The van der Waals surface area contributed by atoms with Crippen LogP contribution in [-0.4, -0.2) is 60.8 Å². The van der Waals surface area contributed by atoms with E-state index in [0.29, 0.717) is 11.3 Å². The number of benzene rings is 1. The summed E-state index contributed by atoms with van der Waals surface area (Å²) in [5.74, 6) is -2.53. The average molecular weight is 421 g/mol. The first-order chi connectivity index (χ1) is 13.6. The topological polar surface area (TPSA) is 121 Å². The van der Waals surface area contributed by atoms with Gasteiger partial charge in [0.05, 0.1) is 4.90 Å². The number of amides is 5. The van der Waals surface area contributed by atoms with E-state index in [1.165, 1.54) is 24.3 Å². The highest BCUT2D eigenvalue weighted by Crippen LogP contribution is 2.31. The second kappa shape index (κ2) is 7.94. The van der Waals surface area contributed by atoms with Gasteiger partial charge in [0, 0.05) is 18.0 Å². The van der Waals surface area contributed by atoms with Gasteiger partial charge < -0.3 is 5.32 Å². The molecule has 10 heteroatoms. The van der Waals surface area contributed by atoms with Gasteiger partial charge in [-0.15, -0.1) is 0 Å². The number of carbonyl (C=O) groups excluding carboxylic acids is 4. The predicted octanol–water partition coefficient (Wildman–Crippen LogP) is 1.40. The molecule has 5 amide bonds. The van der Waals surface area contributed by atoms with Crippen molar-refractivity contribution in [2.24, 2.45) is 5.92 Å². The summed E-state index contributed by atoms with van der Waals surface area (Å²) in [5, 5.41) is 2.46. The second-order valence-corrected chi connectivity index (χ2v) is 9.54. The molecule has 1 saturated heterocycles. The Morgan fingerprint density at radius 1 is 1.14 bits per heavy atom. The van der Waals surface area contributed by atoms with Crippen molar-refractivity contribution in [1.29, 1.82) is 0 Å². The van der Waals surface area contributed by atoms with Gasteiger partial charge in [0.25, 0.3) is 0 Å². The van der Waals surface area contributed by atoms with Gasteiger partial charge >= 0.3 is 17.8 Å². The lowest BCUT2D eigenvalue weighted by atomic mass is 9.85. The molecule has 2 fully saturated rings. The third-order valence-corrected chi connectivity index (χ3v) is 6.44. The minimum Gasteiger partial charge on any atom is -0.324 e. The highest BCUT2D eigenvalue weighted by molar-refractivity contribution is 7.90. The van der Waals surface area contributed by atoms with E-state index in [4.69, 9.17) is 0 Å². The lowest BCUT2D eigenvalue weighted by Crippen LogP contribution is -2.46. The van der Waals surface area contributed by atoms with Crippen LogP contribution in [0.15, 0.2) is 29.2 Å². The fourth-order valence-corrected chi connectivity index (χ4v) is 4.45. The van der Waals surface area contributed by atoms with Crippen molar-refractivity contribution in [2.45, 2.75) is 43.5 Å². The summed E-state index contributed by atoms with van der Waals surface area (Å²) in [5.41, 5.74) is 0.209. The first kappa shape index (κ1) is 21.0. The van der Waals surface area contributed by atoms with E-state index in [1.807, 2.05) is 6.92 Å². The average Bonchev–Trinajstić information content (AvgIpc) is 2.85. The molecule has 156 valence electrons. The van der Waals surface area contributed by atoms with E-state index in [1.54, 1.807) is 0 Å². The van der Waals surface area contributed by atoms with Gasteiger partial charge in [0.1, 0.15) is 6.54 Å². The molecule has 1 aliphatic carbocycles. The first-order valence-electron chi connectivity index (χ1n) is 9.38. The second-order valence-electron chi connectivity index (χ2n) is 7.53. The van der Waals surface area contributed by atoms with E-state index in [-0.39, 0.29) is 22.5 Å². The largest absolute Gasteiger partial charge is 0.334 e. The van der Waals surface area contributed by atoms with Crippen LogP contribution in [0.3, 0.4) is 0 Å². The van der Waals surface area contributed by atoms with Gasteiger partial charge in [0.2, 0.25) is 5.91 Å². The molecule has 2 atom stereocenters. The molecule has 3 rings (SSSR count). The maximum atomic E-state index is 12.7. The monoisotopic (exact) mass is 421 g/mol. The molecule has 1 aliphatic heterocycles. The summed E-state index contributed by atoms with van der Waals surface area (Å²) in [4.78, 5) is 51.4. The lowest BCUT2D eigenvalue weighted by molar-refractivity contribution is -0.145. The van der Waals surface area contributed by atoms with E-state index < -0.39 is 40.1 Å². The number of nitrogens with zero attached hydrogens (tertiary/aromatic N) is 2. The van der Waals surface area contributed by atoms with Crippen LogP contribution in [0.2, 0.25) is 0 Å². The molecule has 2 aliphatic rings. The molecule has 1 aromatic carbocycles. The predicted molar refractivity (Wildman–Crippen MR) is 104 cm³/mol. The van der Waals surface area contributed by atoms with E-state index in [9.17, 15) is 27.6 Å². The smallest absolute Gasteiger partial charge is 0.324 e. The molecule has 9 nitrogen and oxygen atoms in total. The highest BCUT2D eigenvalue weighted by atomic mass is 32.2. The number of hydrogen-bond donors (Lipinski definition) is 1. The van der Waals surface area contributed by atoms with Gasteiger partial charge in [-0.25, -0.2) is 18.1 Å². The minimum atomic E-state index is -3.45. The Bertz CT molecular complexity index is 974. The normalized spacial score (nSPS) is 22.9. The number of nitrogens with one attached hydrogen (secondary N) is 1. The number of rotatable bonds is 5. The number of sulfone groups is 1. The summed E-state index contributed by atoms with van der Waals surface area (Å²) in [6.45, 7) is 1.32. The number of carbonyl (C=O) groups is 4.